The van der Waals surface area contributed by atoms with E-state index in [9.17, 15) is 9.59 Å². The van der Waals surface area contributed by atoms with E-state index in [1.54, 1.807) is 36.4 Å². The zero-order valence-electron chi connectivity index (χ0n) is 18.8. The maximum Gasteiger partial charge on any atom is 0.335 e. The number of hydrogen-bond acceptors (Lipinski definition) is 5. The zero-order chi connectivity index (χ0) is 23.1. The van der Waals surface area contributed by atoms with E-state index in [1.807, 2.05) is 31.0 Å². The van der Waals surface area contributed by atoms with Crippen molar-refractivity contribution in [3.05, 3.63) is 64.7 Å². The van der Waals surface area contributed by atoms with E-state index < -0.39 is 11.5 Å². The van der Waals surface area contributed by atoms with Gasteiger partial charge in [-0.1, -0.05) is 29.8 Å². The molecule has 1 amide bonds. The number of carbonyl (C=O) groups excluding carboxylic acids is 1. The Morgan fingerprint density at radius 1 is 1.21 bits per heavy atom. The summed E-state index contributed by atoms with van der Waals surface area (Å²) >= 11 is 6.01. The van der Waals surface area contributed by atoms with Crippen molar-refractivity contribution in [1.82, 2.24) is 10.2 Å². The Morgan fingerprint density at radius 3 is 2.48 bits per heavy atom. The topological polar surface area (TPSA) is 88.1 Å². The highest BCUT2D eigenvalue weighted by Gasteiger charge is 2.44. The predicted molar refractivity (Wildman–Crippen MR) is 130 cm³/mol. The smallest absolute Gasteiger partial charge is 0.335 e. The summed E-state index contributed by atoms with van der Waals surface area (Å²) < 4.78 is 11.3. The van der Waals surface area contributed by atoms with E-state index in [2.05, 4.69) is 5.32 Å². The van der Waals surface area contributed by atoms with Crippen molar-refractivity contribution in [2.75, 3.05) is 33.4 Å². The Labute approximate surface area is 205 Å². The van der Waals surface area contributed by atoms with Gasteiger partial charge in [-0.15, -0.1) is 12.4 Å². The number of benzene rings is 2. The highest BCUT2D eigenvalue weighted by Crippen LogP contribution is 2.29. The number of rotatable bonds is 9. The standard InChI is InChI=1S/C24H29ClN2O5.ClH/c1-17(18-6-8-19(9-7-18)22(28)29)26-23(30)24(10-13-31-14-11-24)27(2)12-15-32-21-5-3-4-20(25)16-21;/h3-9,16-17H,10-15H2,1-2H3,(H,26,30)(H,28,29);1H/t17-;/m0./s1. The third-order valence-corrected chi connectivity index (χ3v) is 6.21. The summed E-state index contributed by atoms with van der Waals surface area (Å²) in [5.74, 6) is -0.355. The first-order valence-corrected chi connectivity index (χ1v) is 11.0. The van der Waals surface area contributed by atoms with E-state index in [1.165, 1.54) is 0 Å². The Kier molecular flexibility index (Phi) is 9.98. The lowest BCUT2D eigenvalue weighted by Crippen LogP contribution is -2.61. The molecule has 180 valence electrons. The Hall–Kier alpha value is -2.32. The quantitative estimate of drug-likeness (QED) is 0.540. The molecule has 0 radical (unpaired) electrons. The van der Waals surface area contributed by atoms with E-state index in [0.29, 0.717) is 50.0 Å². The third kappa shape index (κ3) is 6.84. The molecule has 1 fully saturated rings. The molecule has 1 aliphatic rings. The molecule has 0 aromatic heterocycles. The number of carbonyl (C=O) groups is 2. The maximum atomic E-state index is 13.4. The number of ether oxygens (including phenoxy) is 2. The minimum absolute atomic E-state index is 0. The van der Waals surface area contributed by atoms with Crippen LogP contribution in [0.25, 0.3) is 0 Å². The van der Waals surface area contributed by atoms with Crippen molar-refractivity contribution in [3.63, 3.8) is 0 Å². The number of nitrogens with zero attached hydrogens (tertiary/aromatic N) is 1. The largest absolute Gasteiger partial charge is 0.492 e. The first-order chi connectivity index (χ1) is 15.3. The Bertz CT molecular complexity index is 933. The fraction of sp³-hybridized carbons (Fsp3) is 0.417. The van der Waals surface area contributed by atoms with Gasteiger partial charge in [0.2, 0.25) is 5.91 Å². The molecule has 1 atom stereocenters. The van der Waals surface area contributed by atoms with Crippen LogP contribution in [-0.2, 0) is 9.53 Å². The van der Waals surface area contributed by atoms with Crippen molar-refractivity contribution in [2.45, 2.75) is 31.3 Å². The third-order valence-electron chi connectivity index (χ3n) is 5.97. The van der Waals surface area contributed by atoms with Crippen LogP contribution >= 0.6 is 24.0 Å². The second kappa shape index (κ2) is 12.2. The highest BCUT2D eigenvalue weighted by molar-refractivity contribution is 6.30. The molecule has 0 unspecified atom stereocenters. The predicted octanol–water partition coefficient (Wildman–Crippen LogP) is 4.20. The van der Waals surface area contributed by atoms with Crippen molar-refractivity contribution in [1.29, 1.82) is 0 Å². The molecule has 3 rings (SSSR count). The van der Waals surface area contributed by atoms with Gasteiger partial charge in [0.05, 0.1) is 11.6 Å². The monoisotopic (exact) mass is 496 g/mol. The first kappa shape index (κ1) is 26.9. The van der Waals surface area contributed by atoms with Crippen molar-refractivity contribution < 1.29 is 24.2 Å². The molecule has 0 spiro atoms. The van der Waals surface area contributed by atoms with E-state index in [-0.39, 0.29) is 29.9 Å². The van der Waals surface area contributed by atoms with E-state index >= 15 is 0 Å². The second-order valence-corrected chi connectivity index (χ2v) is 8.43. The molecule has 9 heteroatoms. The lowest BCUT2D eigenvalue weighted by molar-refractivity contribution is -0.140. The van der Waals surface area contributed by atoms with Crippen LogP contribution in [0.2, 0.25) is 5.02 Å². The molecular weight excluding hydrogens is 467 g/mol. The van der Waals surface area contributed by atoms with Gasteiger partial charge in [-0.05, 0) is 62.7 Å². The van der Waals surface area contributed by atoms with E-state index in [0.717, 1.165) is 5.56 Å². The number of halogens is 2. The van der Waals surface area contributed by atoms with Gasteiger partial charge in [0.25, 0.3) is 0 Å². The van der Waals surface area contributed by atoms with Crippen LogP contribution in [-0.4, -0.2) is 60.8 Å². The first-order valence-electron chi connectivity index (χ1n) is 10.6. The lowest BCUT2D eigenvalue weighted by atomic mass is 9.86. The molecule has 1 aliphatic heterocycles. The number of hydrogen-bond donors (Lipinski definition) is 2. The molecule has 0 saturated carbocycles. The summed E-state index contributed by atoms with van der Waals surface area (Å²) in [6, 6.07) is 13.5. The molecule has 2 aromatic rings. The molecule has 33 heavy (non-hydrogen) atoms. The number of amides is 1. The summed E-state index contributed by atoms with van der Waals surface area (Å²) in [6.45, 7) is 3.88. The number of aromatic carboxylic acids is 1. The summed E-state index contributed by atoms with van der Waals surface area (Å²) in [5, 5.41) is 12.8. The van der Waals surface area contributed by atoms with Gasteiger partial charge >= 0.3 is 5.97 Å². The minimum Gasteiger partial charge on any atom is -0.492 e. The fourth-order valence-corrected chi connectivity index (χ4v) is 4.07. The molecule has 1 heterocycles. The highest BCUT2D eigenvalue weighted by atomic mass is 35.5. The van der Waals surface area contributed by atoms with Gasteiger partial charge in [-0.25, -0.2) is 4.79 Å². The SMILES string of the molecule is C[C@H](NC(=O)C1(N(C)CCOc2cccc(Cl)c2)CCOCC1)c1ccc(C(=O)O)cc1.Cl. The maximum absolute atomic E-state index is 13.4. The van der Waals surface area contributed by atoms with Crippen LogP contribution in [0.1, 0.15) is 41.7 Å². The minimum atomic E-state index is -0.976. The van der Waals surface area contributed by atoms with Gasteiger partial charge in [0, 0.05) is 24.8 Å². The van der Waals surface area contributed by atoms with E-state index in [4.69, 9.17) is 26.2 Å². The van der Waals surface area contributed by atoms with Gasteiger partial charge < -0.3 is 19.9 Å². The molecular formula is C24H30Cl2N2O5. The summed E-state index contributed by atoms with van der Waals surface area (Å²) in [5.41, 5.74) is 0.357. The normalized spacial score (nSPS) is 15.9. The van der Waals surface area contributed by atoms with Crippen LogP contribution in [0, 0.1) is 0 Å². The average molecular weight is 497 g/mol. The van der Waals surface area contributed by atoms with Crippen LogP contribution in [0.4, 0.5) is 0 Å². The van der Waals surface area contributed by atoms with Crippen LogP contribution in [0.5, 0.6) is 5.75 Å². The molecule has 2 N–H and O–H groups in total. The van der Waals surface area contributed by atoms with Crippen molar-refractivity contribution in [3.8, 4) is 5.75 Å². The van der Waals surface area contributed by atoms with Gasteiger partial charge in [0.1, 0.15) is 17.9 Å². The van der Waals surface area contributed by atoms with Crippen molar-refractivity contribution in [2.24, 2.45) is 0 Å². The van der Waals surface area contributed by atoms with Gasteiger partial charge in [-0.3, -0.25) is 9.69 Å². The number of carboxylic acid groups (broad SMARTS) is 1. The van der Waals surface area contributed by atoms with Crippen LogP contribution in [0.15, 0.2) is 48.5 Å². The Morgan fingerprint density at radius 2 is 1.88 bits per heavy atom. The number of nitrogens with one attached hydrogen (secondary N) is 1. The number of likely N-dealkylation sites (N-methyl/N-ethyl adjacent to an activating group) is 1. The molecule has 0 aliphatic carbocycles. The lowest BCUT2D eigenvalue weighted by Gasteiger charge is -2.43. The van der Waals surface area contributed by atoms with Crippen molar-refractivity contribution >= 4 is 35.9 Å². The molecule has 7 nitrogen and oxygen atoms in total. The van der Waals surface area contributed by atoms with Crippen LogP contribution < -0.4 is 10.1 Å². The molecule has 2 aromatic carbocycles. The zero-order valence-corrected chi connectivity index (χ0v) is 20.3. The van der Waals surface area contributed by atoms with Gasteiger partial charge in [-0.2, -0.15) is 0 Å². The summed E-state index contributed by atoms with van der Waals surface area (Å²) in [6.07, 6.45) is 1.16. The fourth-order valence-electron chi connectivity index (χ4n) is 3.89. The Balaban J connectivity index is 0.00000385. The average Bonchev–Trinajstić information content (AvgIpc) is 2.79. The molecule has 0 bridgehead atoms. The van der Waals surface area contributed by atoms with Crippen LogP contribution in [0.3, 0.4) is 0 Å². The summed E-state index contributed by atoms with van der Waals surface area (Å²) in [7, 11) is 1.93. The number of carboxylic acids is 1. The second-order valence-electron chi connectivity index (χ2n) is 7.99. The molecule has 1 saturated heterocycles. The van der Waals surface area contributed by atoms with Gasteiger partial charge in [0.15, 0.2) is 0 Å². The summed E-state index contributed by atoms with van der Waals surface area (Å²) in [4.78, 5) is 26.5.